The minimum Gasteiger partial charge on any atom is -0.544 e. The Balaban J connectivity index is 4.58. The highest BCUT2D eigenvalue weighted by Crippen LogP contribution is 2.14. The van der Waals surface area contributed by atoms with Gasteiger partial charge in [-0.05, 0) is 32.1 Å². The van der Waals surface area contributed by atoms with Crippen molar-refractivity contribution in [2.45, 2.75) is 59.0 Å². The van der Waals surface area contributed by atoms with Gasteiger partial charge in [0, 0.05) is 0 Å². The molecule has 118 valence electrons. The van der Waals surface area contributed by atoms with Crippen LogP contribution in [-0.2, 0) is 4.79 Å². The molecule has 0 aliphatic heterocycles. The van der Waals surface area contributed by atoms with Gasteiger partial charge >= 0.3 is 0 Å². The Bertz CT molecular complexity index is 283. The second-order valence-corrected chi connectivity index (χ2v) is 5.61. The summed E-state index contributed by atoms with van der Waals surface area (Å²) in [5, 5.41) is 21.2. The molecular weight excluding hydrogens is 254 g/mol. The van der Waals surface area contributed by atoms with Crippen LogP contribution in [0.3, 0.4) is 0 Å². The van der Waals surface area contributed by atoms with Crippen LogP contribution in [0.1, 0.15) is 52.9 Å². The van der Waals surface area contributed by atoms with Crippen molar-refractivity contribution in [1.29, 1.82) is 0 Å². The molecule has 20 heavy (non-hydrogen) atoms. The summed E-state index contributed by atoms with van der Waals surface area (Å²) in [6, 6.07) is 0. The zero-order valence-electron chi connectivity index (χ0n) is 13.3. The van der Waals surface area contributed by atoms with Crippen LogP contribution in [0.2, 0.25) is 0 Å². The van der Waals surface area contributed by atoms with Gasteiger partial charge in [-0.1, -0.05) is 32.9 Å². The van der Waals surface area contributed by atoms with Crippen molar-refractivity contribution in [2.24, 2.45) is 0 Å². The summed E-state index contributed by atoms with van der Waals surface area (Å²) in [7, 11) is 0. The molecule has 0 amide bonds. The fourth-order valence-corrected chi connectivity index (χ4v) is 2.85. The smallest absolute Gasteiger partial charge is 0.119 e. The molecule has 0 fully saturated rings. The average molecular weight is 285 g/mol. The van der Waals surface area contributed by atoms with E-state index >= 15 is 0 Å². The van der Waals surface area contributed by atoms with Crippen LogP contribution in [0.15, 0.2) is 12.2 Å². The van der Waals surface area contributed by atoms with Crippen molar-refractivity contribution in [2.75, 3.05) is 26.2 Å². The van der Waals surface area contributed by atoms with Gasteiger partial charge in [0.15, 0.2) is 0 Å². The Hall–Kier alpha value is -0.870. The number of quaternary nitrogens is 1. The van der Waals surface area contributed by atoms with Crippen molar-refractivity contribution in [1.82, 2.24) is 0 Å². The average Bonchev–Trinajstić information content (AvgIpc) is 2.34. The van der Waals surface area contributed by atoms with Gasteiger partial charge in [-0.3, -0.25) is 0 Å². The summed E-state index contributed by atoms with van der Waals surface area (Å²) in [5.41, 5.74) is 0. The summed E-state index contributed by atoms with van der Waals surface area (Å²) < 4.78 is 0.438. The molecule has 1 atom stereocenters. The first-order valence-electron chi connectivity index (χ1n) is 7.87. The number of carbonyl (C=O) groups is 1. The van der Waals surface area contributed by atoms with E-state index in [1.165, 1.54) is 0 Å². The molecule has 0 aromatic carbocycles. The zero-order valence-corrected chi connectivity index (χ0v) is 13.3. The van der Waals surface area contributed by atoms with E-state index in [1.54, 1.807) is 0 Å². The third-order valence-electron chi connectivity index (χ3n) is 3.53. The standard InChI is InChI=1S/C16H31NO3/c1-4-7-8-9-10-15(18)13-17(11-5-2,12-6-3)14-16(19)20/h7-8,15,18H,4-6,9-14H2,1-3H3/b8-7+. The highest BCUT2D eigenvalue weighted by atomic mass is 16.4. The van der Waals surface area contributed by atoms with Gasteiger partial charge in [0.05, 0.1) is 19.1 Å². The maximum absolute atomic E-state index is 11.0. The van der Waals surface area contributed by atoms with E-state index in [-0.39, 0.29) is 6.54 Å². The van der Waals surface area contributed by atoms with Crippen molar-refractivity contribution < 1.29 is 19.5 Å². The van der Waals surface area contributed by atoms with Crippen molar-refractivity contribution in [3.8, 4) is 0 Å². The Kier molecular flexibility index (Phi) is 10.4. The van der Waals surface area contributed by atoms with Crippen LogP contribution in [-0.4, -0.2) is 47.8 Å². The lowest BCUT2D eigenvalue weighted by atomic mass is 10.1. The summed E-state index contributed by atoms with van der Waals surface area (Å²) in [6.45, 7) is 8.26. The van der Waals surface area contributed by atoms with Crippen molar-refractivity contribution >= 4 is 5.97 Å². The molecule has 0 saturated carbocycles. The van der Waals surface area contributed by atoms with Crippen LogP contribution < -0.4 is 5.11 Å². The molecule has 4 nitrogen and oxygen atoms in total. The second-order valence-electron chi connectivity index (χ2n) is 5.61. The number of hydrogen-bond acceptors (Lipinski definition) is 3. The first-order valence-corrected chi connectivity index (χ1v) is 7.87. The maximum Gasteiger partial charge on any atom is 0.119 e. The summed E-state index contributed by atoms with van der Waals surface area (Å²) in [6.07, 6.45) is 8.09. The number of aliphatic hydroxyl groups excluding tert-OH is 1. The maximum atomic E-state index is 11.0. The van der Waals surface area contributed by atoms with Crippen molar-refractivity contribution in [3.63, 3.8) is 0 Å². The molecule has 0 aromatic rings. The number of hydrogen-bond donors (Lipinski definition) is 1. The minimum atomic E-state index is -1.02. The number of carbonyl (C=O) groups excluding carboxylic acids is 1. The number of rotatable bonds is 12. The summed E-state index contributed by atoms with van der Waals surface area (Å²) in [5.74, 6) is -1.02. The number of aliphatic hydroxyl groups is 1. The molecule has 1 N–H and O–H groups in total. The zero-order chi connectivity index (χ0) is 15.4. The van der Waals surface area contributed by atoms with Gasteiger partial charge in [0.25, 0.3) is 0 Å². The van der Waals surface area contributed by atoms with Crippen LogP contribution in [0.4, 0.5) is 0 Å². The van der Waals surface area contributed by atoms with E-state index in [4.69, 9.17) is 0 Å². The highest BCUT2D eigenvalue weighted by molar-refractivity contribution is 5.65. The molecule has 0 rings (SSSR count). The Morgan fingerprint density at radius 1 is 1.20 bits per heavy atom. The van der Waals surface area contributed by atoms with E-state index in [0.29, 0.717) is 17.4 Å². The van der Waals surface area contributed by atoms with Gasteiger partial charge in [-0.25, -0.2) is 0 Å². The predicted molar refractivity (Wildman–Crippen MR) is 80.0 cm³/mol. The predicted octanol–water partition coefficient (Wildman–Crippen LogP) is 1.48. The van der Waals surface area contributed by atoms with Gasteiger partial charge < -0.3 is 19.5 Å². The highest BCUT2D eigenvalue weighted by Gasteiger charge is 2.28. The Labute approximate surface area is 123 Å². The molecular formula is C16H31NO3. The lowest BCUT2D eigenvalue weighted by Crippen LogP contribution is -2.58. The van der Waals surface area contributed by atoms with E-state index < -0.39 is 12.1 Å². The molecule has 0 aliphatic rings. The number of nitrogens with zero attached hydrogens (tertiary/aromatic N) is 1. The fraction of sp³-hybridized carbons (Fsp3) is 0.812. The number of carboxylic acids is 1. The number of aliphatic carboxylic acids is 1. The SMILES string of the molecule is CC/C=C/CCC(O)C[N+](CCC)(CCC)CC(=O)[O-]. The molecule has 0 heterocycles. The minimum absolute atomic E-state index is 0.00351. The molecule has 0 bridgehead atoms. The topological polar surface area (TPSA) is 60.4 Å². The van der Waals surface area contributed by atoms with E-state index in [2.05, 4.69) is 19.1 Å². The van der Waals surface area contributed by atoms with E-state index in [0.717, 1.165) is 38.8 Å². The lowest BCUT2D eigenvalue weighted by Gasteiger charge is -2.40. The molecule has 0 saturated heterocycles. The monoisotopic (exact) mass is 285 g/mol. The van der Waals surface area contributed by atoms with Gasteiger partial charge in [0.1, 0.15) is 19.2 Å². The largest absolute Gasteiger partial charge is 0.544 e. The molecule has 1 unspecified atom stereocenters. The quantitative estimate of drug-likeness (QED) is 0.436. The van der Waals surface area contributed by atoms with E-state index in [9.17, 15) is 15.0 Å². The molecule has 0 radical (unpaired) electrons. The van der Waals surface area contributed by atoms with Crippen LogP contribution >= 0.6 is 0 Å². The number of carboxylic acid groups (broad SMARTS) is 1. The van der Waals surface area contributed by atoms with Crippen LogP contribution in [0.5, 0.6) is 0 Å². The van der Waals surface area contributed by atoms with Gasteiger partial charge in [0.2, 0.25) is 0 Å². The lowest BCUT2D eigenvalue weighted by molar-refractivity contribution is -0.925. The van der Waals surface area contributed by atoms with Gasteiger partial charge in [-0.2, -0.15) is 0 Å². The molecule has 4 heteroatoms. The number of allylic oxidation sites excluding steroid dienone is 2. The summed E-state index contributed by atoms with van der Waals surface area (Å²) in [4.78, 5) is 11.0. The van der Waals surface area contributed by atoms with Gasteiger partial charge in [-0.15, -0.1) is 0 Å². The molecule has 0 aliphatic carbocycles. The fourth-order valence-electron chi connectivity index (χ4n) is 2.85. The first kappa shape index (κ1) is 19.1. The van der Waals surface area contributed by atoms with Crippen LogP contribution in [0.25, 0.3) is 0 Å². The Morgan fingerprint density at radius 2 is 1.80 bits per heavy atom. The van der Waals surface area contributed by atoms with Crippen molar-refractivity contribution in [3.05, 3.63) is 12.2 Å². The van der Waals surface area contributed by atoms with E-state index in [1.807, 2.05) is 13.8 Å². The normalized spacial score (nSPS) is 13.8. The molecule has 0 spiro atoms. The first-order chi connectivity index (χ1) is 9.49. The Morgan fingerprint density at radius 3 is 2.25 bits per heavy atom. The molecule has 0 aromatic heterocycles. The summed E-state index contributed by atoms with van der Waals surface area (Å²) >= 11 is 0. The third-order valence-corrected chi connectivity index (χ3v) is 3.53. The van der Waals surface area contributed by atoms with Crippen LogP contribution in [0, 0.1) is 0 Å². The second kappa shape index (κ2) is 10.9. The third kappa shape index (κ3) is 8.33.